The molecule has 2 aliphatic rings. The Labute approximate surface area is 340 Å². The molecule has 2 atom stereocenters. The SMILES string of the molecule is CO/N=C(\C(=O)N[C@@H]1C(=O)N2C(C(=O)OCc3ccc(OC)cc3)=C(CI)CS[C@H]12)c1csc(NC(c2ccccc2)(c2ccccc2)c2ccccc2)n1. The van der Waals surface area contributed by atoms with Crippen LogP contribution in [0.3, 0.4) is 0 Å². The summed E-state index contributed by atoms with van der Waals surface area (Å²) in [6.45, 7) is 0.0331. The molecule has 3 heterocycles. The van der Waals surface area contributed by atoms with Crippen LogP contribution < -0.4 is 15.4 Å². The first-order valence-corrected chi connectivity index (χ1v) is 20.7. The van der Waals surface area contributed by atoms with Crippen molar-refractivity contribution >= 4 is 74.3 Å². The lowest BCUT2D eigenvalue weighted by Crippen LogP contribution is -2.71. The Balaban J connectivity index is 1.10. The molecule has 0 bridgehead atoms. The third kappa shape index (κ3) is 7.71. The third-order valence-corrected chi connectivity index (χ3v) is 12.3. The van der Waals surface area contributed by atoms with E-state index in [0.717, 1.165) is 27.8 Å². The number of hydrogen-bond donors (Lipinski definition) is 2. The van der Waals surface area contributed by atoms with Gasteiger partial charge in [-0.1, -0.05) is 131 Å². The molecule has 55 heavy (non-hydrogen) atoms. The number of oxime groups is 1. The van der Waals surface area contributed by atoms with Crippen LogP contribution in [0.15, 0.2) is 137 Å². The molecular formula is C41H36IN5O6S2. The monoisotopic (exact) mass is 885 g/mol. The van der Waals surface area contributed by atoms with Crippen LogP contribution in [0.4, 0.5) is 5.13 Å². The zero-order valence-electron chi connectivity index (χ0n) is 29.8. The highest BCUT2D eigenvalue weighted by Crippen LogP contribution is 2.42. The van der Waals surface area contributed by atoms with Crippen molar-refractivity contribution in [2.45, 2.75) is 23.6 Å². The van der Waals surface area contributed by atoms with Crippen LogP contribution in [0.2, 0.25) is 0 Å². The van der Waals surface area contributed by atoms with E-state index in [2.05, 4.69) is 74.8 Å². The maximum atomic E-state index is 13.9. The van der Waals surface area contributed by atoms with Crippen LogP contribution in [0.1, 0.15) is 27.9 Å². The molecule has 2 aliphatic heterocycles. The van der Waals surface area contributed by atoms with Crippen molar-refractivity contribution in [3.63, 3.8) is 0 Å². The number of ether oxygens (including phenoxy) is 2. The molecule has 5 aromatic rings. The van der Waals surface area contributed by atoms with Gasteiger partial charge in [-0.15, -0.1) is 23.1 Å². The number of β-lactam (4-membered cyclic amide) rings is 1. The van der Waals surface area contributed by atoms with Crippen molar-refractivity contribution in [1.82, 2.24) is 15.2 Å². The van der Waals surface area contributed by atoms with Crippen molar-refractivity contribution in [2.24, 2.45) is 5.16 Å². The highest BCUT2D eigenvalue weighted by Gasteiger charge is 2.54. The zero-order chi connectivity index (χ0) is 38.4. The van der Waals surface area contributed by atoms with Crippen LogP contribution in [-0.4, -0.2) is 69.2 Å². The van der Waals surface area contributed by atoms with Crippen LogP contribution in [0.25, 0.3) is 0 Å². The third-order valence-electron chi connectivity index (χ3n) is 9.28. The number of rotatable bonds is 14. The van der Waals surface area contributed by atoms with Gasteiger partial charge < -0.3 is 24.9 Å². The number of fused-ring (bicyclic) bond motifs is 1. The van der Waals surface area contributed by atoms with Crippen molar-refractivity contribution in [3.05, 3.63) is 160 Å². The second kappa shape index (κ2) is 17.1. The van der Waals surface area contributed by atoms with Gasteiger partial charge in [0.25, 0.3) is 11.8 Å². The minimum absolute atomic E-state index is 0.0331. The van der Waals surface area contributed by atoms with Gasteiger partial charge in [0.15, 0.2) is 10.8 Å². The lowest BCUT2D eigenvalue weighted by Gasteiger charge is -2.49. The number of thioether (sulfide) groups is 1. The van der Waals surface area contributed by atoms with Crippen LogP contribution in [0, 0.1) is 0 Å². The number of alkyl halides is 1. The van der Waals surface area contributed by atoms with Crippen LogP contribution in [-0.2, 0) is 36.1 Å². The summed E-state index contributed by atoms with van der Waals surface area (Å²) in [5, 5.41) is 12.4. The van der Waals surface area contributed by atoms with E-state index in [1.807, 2.05) is 66.7 Å². The highest BCUT2D eigenvalue weighted by atomic mass is 127. The minimum atomic E-state index is -0.905. The van der Waals surface area contributed by atoms with Crippen molar-refractivity contribution < 1.29 is 28.7 Å². The number of carbonyl (C=O) groups is 3. The Kier molecular flexibility index (Phi) is 11.8. The molecule has 2 amide bonds. The van der Waals surface area contributed by atoms with Gasteiger partial charge in [-0.2, -0.15) is 0 Å². The van der Waals surface area contributed by atoms with Gasteiger partial charge >= 0.3 is 5.97 Å². The lowest BCUT2D eigenvalue weighted by atomic mass is 9.77. The first-order valence-electron chi connectivity index (χ1n) is 17.2. The Morgan fingerprint density at radius 3 is 2.05 bits per heavy atom. The standard InChI is InChI=1S/C41H36IN5O6S2/c1-51-31-20-18-26(19-21-31)23-53-39(50)35-27(22-42)24-54-38-34(37(49)47(35)38)44-36(48)33(46-52-2)32-25-55-40(43-32)45-41(28-12-6-3-7-13-28,29-14-8-4-9-15-29)30-16-10-5-11-17-30/h3-21,25,34,38H,22-24H2,1-2H3,(H,43,45)(H,44,48)/b46-33-/t34-,38-/m1/s1. The van der Waals surface area contributed by atoms with Crippen molar-refractivity contribution in [2.75, 3.05) is 29.7 Å². The van der Waals surface area contributed by atoms with Gasteiger partial charge in [-0.25, -0.2) is 9.78 Å². The fourth-order valence-electron chi connectivity index (χ4n) is 6.60. The molecule has 1 saturated heterocycles. The second-order valence-electron chi connectivity index (χ2n) is 12.5. The Hall–Kier alpha value is -5.19. The molecule has 11 nitrogen and oxygen atoms in total. The quantitative estimate of drug-likeness (QED) is 0.0237. The van der Waals surface area contributed by atoms with Gasteiger partial charge in [0.1, 0.15) is 47.8 Å². The molecule has 4 aromatic carbocycles. The van der Waals surface area contributed by atoms with Gasteiger partial charge in [-0.05, 0) is 40.0 Å². The minimum Gasteiger partial charge on any atom is -0.497 e. The second-order valence-corrected chi connectivity index (χ2v) is 15.2. The highest BCUT2D eigenvalue weighted by molar-refractivity contribution is 14.1. The molecule has 14 heteroatoms. The molecule has 280 valence electrons. The van der Waals surface area contributed by atoms with Gasteiger partial charge in [0, 0.05) is 15.6 Å². The number of amides is 2. The fourth-order valence-corrected chi connectivity index (χ4v) is 9.69. The molecular weight excluding hydrogens is 850 g/mol. The maximum absolute atomic E-state index is 13.9. The Morgan fingerprint density at radius 1 is 0.909 bits per heavy atom. The summed E-state index contributed by atoms with van der Waals surface area (Å²) in [5.74, 6) is -0.445. The molecule has 0 saturated carbocycles. The number of nitrogens with zero attached hydrogens (tertiary/aromatic N) is 3. The molecule has 0 spiro atoms. The van der Waals surface area contributed by atoms with E-state index in [1.54, 1.807) is 24.6 Å². The molecule has 0 unspecified atom stereocenters. The van der Waals surface area contributed by atoms with E-state index in [4.69, 9.17) is 19.3 Å². The van der Waals surface area contributed by atoms with Crippen molar-refractivity contribution in [1.29, 1.82) is 0 Å². The van der Waals surface area contributed by atoms with E-state index >= 15 is 0 Å². The van der Waals surface area contributed by atoms with Crippen molar-refractivity contribution in [3.8, 4) is 5.75 Å². The molecule has 7 rings (SSSR count). The summed E-state index contributed by atoms with van der Waals surface area (Å²) in [7, 11) is 2.93. The van der Waals surface area contributed by atoms with Gasteiger partial charge in [0.05, 0.1) is 7.11 Å². The molecule has 1 aromatic heterocycles. The number of aromatic nitrogens is 1. The number of nitrogens with one attached hydrogen (secondary N) is 2. The topological polar surface area (TPSA) is 131 Å². The summed E-state index contributed by atoms with van der Waals surface area (Å²) in [5.41, 5.74) is 4.12. The number of esters is 1. The van der Waals surface area contributed by atoms with E-state index in [0.29, 0.717) is 21.1 Å². The maximum Gasteiger partial charge on any atom is 0.355 e. The number of anilines is 1. The van der Waals surface area contributed by atoms with E-state index in [1.165, 1.54) is 35.1 Å². The Morgan fingerprint density at radius 2 is 1.51 bits per heavy atom. The van der Waals surface area contributed by atoms with Gasteiger partial charge in [0.2, 0.25) is 0 Å². The largest absolute Gasteiger partial charge is 0.497 e. The summed E-state index contributed by atoms with van der Waals surface area (Å²) < 4.78 is 11.4. The summed E-state index contributed by atoms with van der Waals surface area (Å²) in [4.78, 5) is 52.4. The summed E-state index contributed by atoms with van der Waals surface area (Å²) in [6, 6.07) is 36.6. The number of methoxy groups -OCH3 is 1. The average Bonchev–Trinajstić information content (AvgIpc) is 3.71. The molecule has 1 fully saturated rings. The van der Waals surface area contributed by atoms with E-state index in [9.17, 15) is 14.4 Å². The first-order chi connectivity index (χ1) is 26.9. The molecule has 0 radical (unpaired) electrons. The number of hydrogen-bond acceptors (Lipinski definition) is 11. The van der Waals surface area contributed by atoms with Gasteiger partial charge in [-0.3, -0.25) is 14.5 Å². The number of halogens is 1. The number of carbonyl (C=O) groups excluding carboxylic acids is 3. The Bertz CT molecular complexity index is 2120. The van der Waals surface area contributed by atoms with E-state index in [-0.39, 0.29) is 23.7 Å². The normalized spacial score (nSPS) is 16.8. The lowest BCUT2D eigenvalue weighted by molar-refractivity contribution is -0.153. The van der Waals surface area contributed by atoms with Crippen LogP contribution in [0.5, 0.6) is 5.75 Å². The smallest absolute Gasteiger partial charge is 0.355 e. The number of benzene rings is 4. The first kappa shape index (κ1) is 38.1. The number of thiazole rings is 1. The average molecular weight is 886 g/mol. The van der Waals surface area contributed by atoms with E-state index < -0.39 is 34.7 Å². The summed E-state index contributed by atoms with van der Waals surface area (Å²) >= 11 is 4.97. The fraction of sp³-hybridized carbons (Fsp3) is 0.195. The predicted molar refractivity (Wildman–Crippen MR) is 222 cm³/mol. The van der Waals surface area contributed by atoms with Crippen LogP contribution >= 0.6 is 45.7 Å². The molecule has 2 N–H and O–H groups in total. The molecule has 0 aliphatic carbocycles. The summed E-state index contributed by atoms with van der Waals surface area (Å²) in [6.07, 6.45) is 0. The zero-order valence-corrected chi connectivity index (χ0v) is 33.6. The predicted octanol–water partition coefficient (Wildman–Crippen LogP) is 6.74.